The molecule has 0 radical (unpaired) electrons. The van der Waals surface area contributed by atoms with E-state index in [1.807, 2.05) is 0 Å². The largest absolute Gasteiger partial charge is 0.307 e. The van der Waals surface area contributed by atoms with E-state index in [-0.39, 0.29) is 15.7 Å². The number of rotatable bonds is 5. The molecule has 0 unspecified atom stereocenters. The van der Waals surface area contributed by atoms with Gasteiger partial charge >= 0.3 is 0 Å². The lowest BCUT2D eigenvalue weighted by atomic mass is 9.86. The molecule has 0 saturated heterocycles. The Kier molecular flexibility index (Phi) is 4.06. The van der Waals surface area contributed by atoms with Gasteiger partial charge in [0.1, 0.15) is 4.90 Å². The zero-order chi connectivity index (χ0) is 13.2. The van der Waals surface area contributed by atoms with Crippen LogP contribution in [0.5, 0.6) is 0 Å². The van der Waals surface area contributed by atoms with E-state index in [1.165, 1.54) is 18.7 Å². The summed E-state index contributed by atoms with van der Waals surface area (Å²) in [5.74, 6) is 5.87. The Hall–Kier alpha value is -0.890. The summed E-state index contributed by atoms with van der Waals surface area (Å²) in [6, 6.07) is 1.33. The summed E-state index contributed by atoms with van der Waals surface area (Å²) >= 11 is 5.84. The van der Waals surface area contributed by atoms with Crippen LogP contribution in [0.15, 0.2) is 17.2 Å². The maximum atomic E-state index is 12.0. The Morgan fingerprint density at radius 2 is 2.22 bits per heavy atom. The van der Waals surface area contributed by atoms with Crippen molar-refractivity contribution in [3.63, 3.8) is 0 Å². The average Bonchev–Trinajstić information content (AvgIpc) is 2.26. The molecule has 8 heteroatoms. The van der Waals surface area contributed by atoms with Crippen molar-refractivity contribution in [1.29, 1.82) is 0 Å². The third-order valence-corrected chi connectivity index (χ3v) is 4.73. The Morgan fingerprint density at radius 1 is 1.50 bits per heavy atom. The lowest BCUT2D eigenvalue weighted by Gasteiger charge is -2.25. The van der Waals surface area contributed by atoms with Crippen molar-refractivity contribution in [1.82, 2.24) is 9.71 Å². The summed E-state index contributed by atoms with van der Waals surface area (Å²) in [5, 5.41) is 0.170. The van der Waals surface area contributed by atoms with E-state index in [0.29, 0.717) is 12.5 Å². The number of anilines is 1. The van der Waals surface area contributed by atoms with Crippen molar-refractivity contribution in [2.75, 3.05) is 12.0 Å². The van der Waals surface area contributed by atoms with Crippen LogP contribution < -0.4 is 16.0 Å². The van der Waals surface area contributed by atoms with Gasteiger partial charge in [0, 0.05) is 12.7 Å². The highest BCUT2D eigenvalue weighted by atomic mass is 35.5. The van der Waals surface area contributed by atoms with Crippen molar-refractivity contribution < 1.29 is 8.42 Å². The smallest absolute Gasteiger partial charge is 0.242 e. The first-order valence-electron chi connectivity index (χ1n) is 5.65. The highest BCUT2D eigenvalue weighted by Gasteiger charge is 2.22. The number of hydrogen-bond acceptors (Lipinski definition) is 5. The zero-order valence-electron chi connectivity index (χ0n) is 9.69. The summed E-state index contributed by atoms with van der Waals surface area (Å²) < 4.78 is 26.5. The van der Waals surface area contributed by atoms with E-state index >= 15 is 0 Å². The van der Waals surface area contributed by atoms with E-state index in [9.17, 15) is 8.42 Å². The molecule has 0 amide bonds. The third-order valence-electron chi connectivity index (χ3n) is 3.05. The molecule has 0 atom stereocenters. The standard InChI is InChI=1S/C10H15ClN4O2S/c11-9-4-8(6-13-10(9)15-12)18(16,17)14-5-7-2-1-3-7/h4,6-7,14H,1-3,5,12H2,(H,13,15). The highest BCUT2D eigenvalue weighted by molar-refractivity contribution is 7.89. The number of hydrazine groups is 1. The minimum atomic E-state index is -3.54. The van der Waals surface area contributed by atoms with Crippen LogP contribution in [0.3, 0.4) is 0 Å². The number of halogens is 1. The van der Waals surface area contributed by atoms with Crippen molar-refractivity contribution in [2.45, 2.75) is 24.2 Å². The van der Waals surface area contributed by atoms with Gasteiger partial charge in [0.25, 0.3) is 0 Å². The van der Waals surface area contributed by atoms with E-state index in [4.69, 9.17) is 17.4 Å². The number of sulfonamides is 1. The van der Waals surface area contributed by atoms with E-state index in [2.05, 4.69) is 15.1 Å². The van der Waals surface area contributed by atoms with Gasteiger partial charge in [-0.2, -0.15) is 0 Å². The Balaban J connectivity index is 2.10. The fourth-order valence-corrected chi connectivity index (χ4v) is 3.05. The second-order valence-electron chi connectivity index (χ2n) is 4.29. The highest BCUT2D eigenvalue weighted by Crippen LogP contribution is 2.26. The number of hydrogen-bond donors (Lipinski definition) is 3. The number of pyridine rings is 1. The summed E-state index contributed by atoms with van der Waals surface area (Å²) in [5.41, 5.74) is 2.28. The SMILES string of the molecule is NNc1ncc(S(=O)(=O)NCC2CCC2)cc1Cl. The van der Waals surface area contributed by atoms with Gasteiger partial charge in [0.05, 0.1) is 5.02 Å². The van der Waals surface area contributed by atoms with E-state index in [0.717, 1.165) is 12.8 Å². The molecule has 0 bridgehead atoms. The normalized spacial score (nSPS) is 16.3. The Labute approximate surface area is 111 Å². The van der Waals surface area contributed by atoms with Crippen molar-refractivity contribution in [2.24, 2.45) is 11.8 Å². The van der Waals surface area contributed by atoms with E-state index in [1.54, 1.807) is 0 Å². The van der Waals surface area contributed by atoms with Crippen LogP contribution in [-0.4, -0.2) is 19.9 Å². The second-order valence-corrected chi connectivity index (χ2v) is 6.47. The van der Waals surface area contributed by atoms with Crippen LogP contribution in [0.4, 0.5) is 5.82 Å². The molecule has 0 aromatic carbocycles. The molecule has 0 aliphatic heterocycles. The summed E-state index contributed by atoms with van der Waals surface area (Å²) in [4.78, 5) is 3.88. The van der Waals surface area contributed by atoms with Crippen LogP contribution >= 0.6 is 11.6 Å². The van der Waals surface area contributed by atoms with Crippen LogP contribution in [0.25, 0.3) is 0 Å². The number of aromatic nitrogens is 1. The predicted molar refractivity (Wildman–Crippen MR) is 69.6 cm³/mol. The summed E-state index contributed by atoms with van der Waals surface area (Å²) in [7, 11) is -3.54. The van der Waals surface area contributed by atoms with Crippen LogP contribution in [0, 0.1) is 5.92 Å². The first kappa shape index (κ1) is 13.5. The quantitative estimate of drug-likeness (QED) is 0.557. The van der Waals surface area contributed by atoms with Gasteiger partial charge in [-0.05, 0) is 24.8 Å². The third kappa shape index (κ3) is 2.92. The molecule has 0 spiro atoms. The fourth-order valence-electron chi connectivity index (χ4n) is 1.68. The molecule has 4 N–H and O–H groups in total. The lowest BCUT2D eigenvalue weighted by molar-refractivity contribution is 0.316. The molecule has 1 aromatic rings. The van der Waals surface area contributed by atoms with E-state index < -0.39 is 10.0 Å². The molecule has 18 heavy (non-hydrogen) atoms. The van der Waals surface area contributed by atoms with Gasteiger partial charge in [-0.3, -0.25) is 0 Å². The van der Waals surface area contributed by atoms with Crippen LogP contribution in [0.1, 0.15) is 19.3 Å². The molecule has 2 rings (SSSR count). The van der Waals surface area contributed by atoms with Gasteiger partial charge in [0.2, 0.25) is 10.0 Å². The van der Waals surface area contributed by atoms with Gasteiger partial charge < -0.3 is 5.43 Å². The summed E-state index contributed by atoms with van der Waals surface area (Å²) in [6.07, 6.45) is 4.57. The van der Waals surface area contributed by atoms with Crippen LogP contribution in [-0.2, 0) is 10.0 Å². The first-order valence-corrected chi connectivity index (χ1v) is 7.51. The maximum Gasteiger partial charge on any atom is 0.242 e. The van der Waals surface area contributed by atoms with Gasteiger partial charge in [-0.1, -0.05) is 18.0 Å². The predicted octanol–water partition coefficient (Wildman–Crippen LogP) is 1.10. The molecule has 6 nitrogen and oxygen atoms in total. The molecule has 1 aliphatic rings. The molecule has 100 valence electrons. The Morgan fingerprint density at radius 3 is 2.72 bits per heavy atom. The first-order chi connectivity index (χ1) is 8.53. The zero-order valence-corrected chi connectivity index (χ0v) is 11.3. The maximum absolute atomic E-state index is 12.0. The topological polar surface area (TPSA) is 97.1 Å². The number of nitrogens with two attached hydrogens (primary N) is 1. The molecule has 1 saturated carbocycles. The average molecular weight is 291 g/mol. The minimum Gasteiger partial charge on any atom is -0.307 e. The second kappa shape index (κ2) is 5.40. The van der Waals surface area contributed by atoms with Gasteiger partial charge in [0.15, 0.2) is 5.82 Å². The molecule has 1 fully saturated rings. The molecule has 1 aliphatic carbocycles. The Bertz CT molecular complexity index is 531. The van der Waals surface area contributed by atoms with Crippen molar-refractivity contribution in [3.8, 4) is 0 Å². The number of nitrogen functional groups attached to an aromatic ring is 1. The lowest BCUT2D eigenvalue weighted by Crippen LogP contribution is -2.32. The molecular weight excluding hydrogens is 276 g/mol. The van der Waals surface area contributed by atoms with Crippen LogP contribution in [0.2, 0.25) is 5.02 Å². The van der Waals surface area contributed by atoms with Gasteiger partial charge in [-0.15, -0.1) is 0 Å². The minimum absolute atomic E-state index is 0.0471. The van der Waals surface area contributed by atoms with Gasteiger partial charge in [-0.25, -0.2) is 24.0 Å². The molecule has 1 aromatic heterocycles. The van der Waals surface area contributed by atoms with Crippen molar-refractivity contribution >= 4 is 27.4 Å². The molecule has 1 heterocycles. The monoisotopic (exact) mass is 290 g/mol. The van der Waals surface area contributed by atoms with Crippen molar-refractivity contribution in [3.05, 3.63) is 17.3 Å². The number of nitrogens with one attached hydrogen (secondary N) is 2. The summed E-state index contributed by atoms with van der Waals surface area (Å²) in [6.45, 7) is 0.469. The number of nitrogens with zero attached hydrogens (tertiary/aromatic N) is 1. The fraction of sp³-hybridized carbons (Fsp3) is 0.500. The molecular formula is C10H15ClN4O2S.